The fourth-order valence-electron chi connectivity index (χ4n) is 4.12. The molecule has 27 heavy (non-hydrogen) atoms. The van der Waals surface area contributed by atoms with Crippen LogP contribution >= 0.6 is 0 Å². The third-order valence-electron chi connectivity index (χ3n) is 5.79. The molecule has 4 nitrogen and oxygen atoms in total. The van der Waals surface area contributed by atoms with E-state index < -0.39 is 6.04 Å². The van der Waals surface area contributed by atoms with Crippen molar-refractivity contribution in [2.24, 2.45) is 5.73 Å². The Morgan fingerprint density at radius 1 is 1.11 bits per heavy atom. The van der Waals surface area contributed by atoms with Crippen LogP contribution in [0, 0.1) is 0 Å². The molecule has 3 rings (SSSR count). The first kappa shape index (κ1) is 19.6. The molecule has 2 N–H and O–H groups in total. The lowest BCUT2D eigenvalue weighted by Crippen LogP contribution is -2.47. The van der Waals surface area contributed by atoms with Gasteiger partial charge in [0, 0.05) is 25.5 Å². The monoisotopic (exact) mass is 365 g/mol. The normalized spacial score (nSPS) is 16.3. The molecule has 0 aliphatic carbocycles. The first-order chi connectivity index (χ1) is 13.1. The smallest absolute Gasteiger partial charge is 0.239 e. The molecule has 0 radical (unpaired) electrons. The van der Waals surface area contributed by atoms with E-state index in [4.69, 9.17) is 5.73 Å². The lowest BCUT2D eigenvalue weighted by molar-refractivity contribution is -0.133. The summed E-state index contributed by atoms with van der Waals surface area (Å²) in [5.74, 6) is 0.600. The molecule has 4 heteroatoms. The fourth-order valence-corrected chi connectivity index (χ4v) is 4.12. The van der Waals surface area contributed by atoms with Gasteiger partial charge in [0.25, 0.3) is 0 Å². The number of aromatic nitrogens is 1. The topological polar surface area (TPSA) is 59.2 Å². The number of carbonyl (C=O) groups excluding carboxylic acids is 1. The van der Waals surface area contributed by atoms with Crippen molar-refractivity contribution in [2.75, 3.05) is 13.1 Å². The minimum atomic E-state index is -0.459. The van der Waals surface area contributed by atoms with E-state index in [1.807, 2.05) is 17.3 Å². The fraction of sp³-hybridized carbons (Fsp3) is 0.478. The Hall–Kier alpha value is -2.20. The van der Waals surface area contributed by atoms with Crippen molar-refractivity contribution in [2.45, 2.75) is 57.9 Å². The van der Waals surface area contributed by atoms with E-state index in [9.17, 15) is 4.79 Å². The van der Waals surface area contributed by atoms with E-state index in [2.05, 4.69) is 49.2 Å². The molecule has 1 aliphatic heterocycles. The third kappa shape index (κ3) is 4.75. The highest BCUT2D eigenvalue weighted by atomic mass is 16.2. The summed E-state index contributed by atoms with van der Waals surface area (Å²) in [6.45, 7) is 5.93. The number of rotatable bonds is 6. The standard InChI is InChI=1S/C23H31N3O/c1-3-18-6-5-17(15-19(18)4-2)16-22(24)23(27)26-13-9-21(10-14-26)20-7-11-25-12-8-20/h5-8,11-12,15,21-22H,3-4,9-10,13-14,16,24H2,1-2H3. The lowest BCUT2D eigenvalue weighted by Gasteiger charge is -2.33. The summed E-state index contributed by atoms with van der Waals surface area (Å²) in [6, 6.07) is 10.2. The summed E-state index contributed by atoms with van der Waals surface area (Å²) < 4.78 is 0. The van der Waals surface area contributed by atoms with E-state index in [0.717, 1.165) is 44.3 Å². The first-order valence-electron chi connectivity index (χ1n) is 10.2. The van der Waals surface area contributed by atoms with Crippen molar-refractivity contribution in [1.29, 1.82) is 0 Å². The van der Waals surface area contributed by atoms with E-state index in [1.54, 1.807) is 0 Å². The Morgan fingerprint density at radius 3 is 2.41 bits per heavy atom. The van der Waals surface area contributed by atoms with Crippen LogP contribution in [0.25, 0.3) is 0 Å². The highest BCUT2D eigenvalue weighted by molar-refractivity contribution is 5.82. The van der Waals surface area contributed by atoms with Gasteiger partial charge in [-0.25, -0.2) is 0 Å². The molecule has 1 amide bonds. The molecule has 0 saturated carbocycles. The van der Waals surface area contributed by atoms with Crippen LogP contribution in [0.3, 0.4) is 0 Å². The Morgan fingerprint density at radius 2 is 1.78 bits per heavy atom. The van der Waals surface area contributed by atoms with Crippen molar-refractivity contribution < 1.29 is 4.79 Å². The SMILES string of the molecule is CCc1ccc(CC(N)C(=O)N2CCC(c3ccncc3)CC2)cc1CC. The number of piperidine rings is 1. The molecule has 1 aromatic carbocycles. The van der Waals surface area contributed by atoms with Gasteiger partial charge in [-0.3, -0.25) is 9.78 Å². The van der Waals surface area contributed by atoms with Gasteiger partial charge in [0.2, 0.25) is 5.91 Å². The maximum absolute atomic E-state index is 12.8. The number of hydrogen-bond donors (Lipinski definition) is 1. The number of likely N-dealkylation sites (tertiary alicyclic amines) is 1. The average Bonchev–Trinajstić information content (AvgIpc) is 2.73. The molecule has 1 aromatic heterocycles. The average molecular weight is 366 g/mol. The molecular weight excluding hydrogens is 334 g/mol. The molecule has 1 saturated heterocycles. The van der Waals surface area contributed by atoms with Gasteiger partial charge in [0.1, 0.15) is 0 Å². The number of nitrogens with zero attached hydrogens (tertiary/aromatic N) is 2. The van der Waals surface area contributed by atoms with Crippen molar-refractivity contribution >= 4 is 5.91 Å². The maximum atomic E-state index is 12.8. The molecule has 1 unspecified atom stereocenters. The highest BCUT2D eigenvalue weighted by Crippen LogP contribution is 2.27. The van der Waals surface area contributed by atoms with Crippen molar-refractivity contribution in [1.82, 2.24) is 9.88 Å². The van der Waals surface area contributed by atoms with Gasteiger partial charge >= 0.3 is 0 Å². The van der Waals surface area contributed by atoms with Crippen LogP contribution in [0.1, 0.15) is 54.9 Å². The zero-order chi connectivity index (χ0) is 19.2. The molecule has 1 fully saturated rings. The van der Waals surface area contributed by atoms with Gasteiger partial charge < -0.3 is 10.6 Å². The Balaban J connectivity index is 1.57. The molecular formula is C23H31N3O. The summed E-state index contributed by atoms with van der Waals surface area (Å²) in [5.41, 5.74) is 11.5. The number of carbonyl (C=O) groups is 1. The molecule has 1 aliphatic rings. The number of pyridine rings is 1. The molecule has 2 heterocycles. The number of amides is 1. The summed E-state index contributed by atoms with van der Waals surface area (Å²) >= 11 is 0. The first-order valence-corrected chi connectivity index (χ1v) is 10.2. The summed E-state index contributed by atoms with van der Waals surface area (Å²) in [4.78, 5) is 18.9. The molecule has 0 bridgehead atoms. The van der Waals surface area contributed by atoms with Crippen LogP contribution in [-0.4, -0.2) is 34.9 Å². The van der Waals surface area contributed by atoms with Crippen molar-refractivity contribution in [3.05, 3.63) is 65.0 Å². The Labute approximate surface area is 162 Å². The summed E-state index contributed by atoms with van der Waals surface area (Å²) in [7, 11) is 0. The van der Waals surface area contributed by atoms with E-state index in [0.29, 0.717) is 12.3 Å². The maximum Gasteiger partial charge on any atom is 0.239 e. The van der Waals surface area contributed by atoms with Gasteiger partial charge in [0.05, 0.1) is 6.04 Å². The zero-order valence-corrected chi connectivity index (χ0v) is 16.5. The summed E-state index contributed by atoms with van der Waals surface area (Å²) in [6.07, 6.45) is 8.35. The largest absolute Gasteiger partial charge is 0.341 e. The second-order valence-corrected chi connectivity index (χ2v) is 7.50. The molecule has 1 atom stereocenters. The van der Waals surface area contributed by atoms with Gasteiger partial charge in [-0.1, -0.05) is 32.0 Å². The second-order valence-electron chi connectivity index (χ2n) is 7.50. The minimum Gasteiger partial charge on any atom is -0.341 e. The molecule has 0 spiro atoms. The van der Waals surface area contributed by atoms with Gasteiger partial charge in [-0.05, 0) is 72.4 Å². The third-order valence-corrected chi connectivity index (χ3v) is 5.79. The second kappa shape index (κ2) is 9.14. The predicted molar refractivity (Wildman–Crippen MR) is 110 cm³/mol. The summed E-state index contributed by atoms with van der Waals surface area (Å²) in [5, 5.41) is 0. The van der Waals surface area contributed by atoms with Crippen LogP contribution < -0.4 is 5.73 Å². The van der Waals surface area contributed by atoms with Crippen molar-refractivity contribution in [3.63, 3.8) is 0 Å². The lowest BCUT2D eigenvalue weighted by atomic mass is 9.89. The van der Waals surface area contributed by atoms with Crippen LogP contribution in [0.15, 0.2) is 42.7 Å². The van der Waals surface area contributed by atoms with Gasteiger partial charge in [0.15, 0.2) is 0 Å². The predicted octanol–water partition coefficient (Wildman–Crippen LogP) is 3.48. The number of benzene rings is 1. The van der Waals surface area contributed by atoms with Gasteiger partial charge in [-0.2, -0.15) is 0 Å². The highest BCUT2D eigenvalue weighted by Gasteiger charge is 2.27. The number of hydrogen-bond acceptors (Lipinski definition) is 3. The molecule has 144 valence electrons. The van der Waals surface area contributed by atoms with E-state index >= 15 is 0 Å². The molecule has 2 aromatic rings. The van der Waals surface area contributed by atoms with Crippen LogP contribution in [-0.2, 0) is 24.1 Å². The van der Waals surface area contributed by atoms with Gasteiger partial charge in [-0.15, -0.1) is 0 Å². The quantitative estimate of drug-likeness (QED) is 0.852. The van der Waals surface area contributed by atoms with Crippen LogP contribution in [0.2, 0.25) is 0 Å². The number of aryl methyl sites for hydroxylation is 2. The Kier molecular flexibility index (Phi) is 6.62. The van der Waals surface area contributed by atoms with E-state index in [1.165, 1.54) is 16.7 Å². The van der Waals surface area contributed by atoms with Crippen LogP contribution in [0.5, 0.6) is 0 Å². The Bertz CT molecular complexity index is 751. The van der Waals surface area contributed by atoms with E-state index in [-0.39, 0.29) is 5.91 Å². The zero-order valence-electron chi connectivity index (χ0n) is 16.5. The van der Waals surface area contributed by atoms with Crippen LogP contribution in [0.4, 0.5) is 0 Å². The number of nitrogens with two attached hydrogens (primary N) is 1. The van der Waals surface area contributed by atoms with Crippen molar-refractivity contribution in [3.8, 4) is 0 Å². The minimum absolute atomic E-state index is 0.0841.